The number of hydrogen-bond acceptors (Lipinski definition) is 11. The lowest BCUT2D eigenvalue weighted by Gasteiger charge is -2.24. The van der Waals surface area contributed by atoms with Gasteiger partial charge in [0.1, 0.15) is 12.2 Å². The molecule has 0 aliphatic carbocycles. The van der Waals surface area contributed by atoms with E-state index in [4.69, 9.17) is 42.6 Å². The Labute approximate surface area is 215 Å². The molecule has 0 aliphatic heterocycles. The van der Waals surface area contributed by atoms with Crippen LogP contribution in [0.4, 0.5) is 4.79 Å². The third kappa shape index (κ3) is 27.1. The highest BCUT2D eigenvalue weighted by molar-refractivity contribution is 5.67. The number of nitrogens with zero attached hydrogens (tertiary/aromatic N) is 1. The molecule has 0 unspecified atom stereocenters. The van der Waals surface area contributed by atoms with Crippen molar-refractivity contribution in [3.05, 3.63) is 0 Å². The first-order chi connectivity index (χ1) is 17.2. The third-order valence-electron chi connectivity index (χ3n) is 4.04. The van der Waals surface area contributed by atoms with Crippen molar-refractivity contribution in [3.8, 4) is 0 Å². The van der Waals surface area contributed by atoms with Crippen LogP contribution in [0.25, 0.3) is 0 Å². The monoisotopic (exact) mass is 525 g/mol. The number of esters is 1. The van der Waals surface area contributed by atoms with E-state index < -0.39 is 5.60 Å². The number of amides is 1. The van der Waals surface area contributed by atoms with Gasteiger partial charge in [-0.3, -0.25) is 4.79 Å². The zero-order valence-electron chi connectivity index (χ0n) is 22.8. The van der Waals surface area contributed by atoms with Crippen LogP contribution < -0.4 is 0 Å². The van der Waals surface area contributed by atoms with E-state index in [1.165, 1.54) is 11.8 Å². The molecule has 0 fully saturated rings. The number of rotatable bonds is 24. The largest absolute Gasteiger partial charge is 0.463 e. The van der Waals surface area contributed by atoms with E-state index >= 15 is 0 Å². The first-order valence-corrected chi connectivity index (χ1v) is 12.3. The van der Waals surface area contributed by atoms with Gasteiger partial charge >= 0.3 is 12.1 Å². The number of ether oxygens (including phenoxy) is 9. The number of hydrogen-bond donors (Lipinski definition) is 0. The molecule has 0 bridgehead atoms. The molecule has 36 heavy (non-hydrogen) atoms. The SMILES string of the molecule is CC(=O)OCCOCCOCCOCCOCCOCCOCCOCCN(C)C(=O)OC(C)(C)C. The van der Waals surface area contributed by atoms with Crippen molar-refractivity contribution >= 4 is 12.1 Å². The molecule has 214 valence electrons. The molecule has 12 heteroatoms. The van der Waals surface area contributed by atoms with Gasteiger partial charge < -0.3 is 47.5 Å². The van der Waals surface area contributed by atoms with Crippen LogP contribution in [0.1, 0.15) is 27.7 Å². The van der Waals surface area contributed by atoms with Gasteiger partial charge in [-0.25, -0.2) is 4.79 Å². The molecule has 0 heterocycles. The average Bonchev–Trinajstić information content (AvgIpc) is 2.80. The molecule has 1 amide bonds. The van der Waals surface area contributed by atoms with Crippen molar-refractivity contribution in [1.29, 1.82) is 0 Å². The smallest absolute Gasteiger partial charge is 0.410 e. The van der Waals surface area contributed by atoms with Crippen LogP contribution in [0, 0.1) is 0 Å². The van der Waals surface area contributed by atoms with Crippen molar-refractivity contribution in [2.75, 3.05) is 113 Å². The second-order valence-corrected chi connectivity index (χ2v) is 8.53. The van der Waals surface area contributed by atoms with E-state index in [9.17, 15) is 9.59 Å². The Morgan fingerprint density at radius 2 is 0.861 bits per heavy atom. The highest BCUT2D eigenvalue weighted by Crippen LogP contribution is 2.08. The van der Waals surface area contributed by atoms with Crippen LogP contribution in [0.2, 0.25) is 0 Å². The van der Waals surface area contributed by atoms with E-state index in [0.717, 1.165) is 0 Å². The molecule has 0 saturated carbocycles. The first kappa shape index (κ1) is 34.5. The molecule has 0 aromatic heterocycles. The van der Waals surface area contributed by atoms with Crippen LogP contribution in [-0.4, -0.2) is 135 Å². The fourth-order valence-corrected chi connectivity index (χ4v) is 2.30. The summed E-state index contributed by atoms with van der Waals surface area (Å²) >= 11 is 0. The summed E-state index contributed by atoms with van der Waals surface area (Å²) in [6, 6.07) is 0. The maximum atomic E-state index is 11.8. The summed E-state index contributed by atoms with van der Waals surface area (Å²) in [5.41, 5.74) is -0.508. The van der Waals surface area contributed by atoms with Crippen LogP contribution in [0.15, 0.2) is 0 Å². The molecule has 0 aliphatic rings. The molecule has 0 saturated heterocycles. The number of carbonyl (C=O) groups is 2. The number of carbonyl (C=O) groups excluding carboxylic acids is 2. The fraction of sp³-hybridized carbons (Fsp3) is 0.917. The maximum Gasteiger partial charge on any atom is 0.410 e. The topological polar surface area (TPSA) is 120 Å². The van der Waals surface area contributed by atoms with Gasteiger partial charge in [-0.05, 0) is 20.8 Å². The van der Waals surface area contributed by atoms with E-state index in [-0.39, 0.29) is 18.7 Å². The minimum Gasteiger partial charge on any atom is -0.463 e. The van der Waals surface area contributed by atoms with E-state index in [2.05, 4.69) is 0 Å². The van der Waals surface area contributed by atoms with Crippen LogP contribution in [-0.2, 0) is 47.4 Å². The summed E-state index contributed by atoms with van der Waals surface area (Å²) in [7, 11) is 1.68. The Morgan fingerprint density at radius 1 is 0.556 bits per heavy atom. The zero-order chi connectivity index (χ0) is 26.9. The summed E-state index contributed by atoms with van der Waals surface area (Å²) in [6.45, 7) is 14.0. The summed E-state index contributed by atoms with van der Waals surface area (Å²) in [6.07, 6.45) is -0.366. The Morgan fingerprint density at radius 3 is 1.17 bits per heavy atom. The Kier molecular flexibility index (Phi) is 22.8. The van der Waals surface area contributed by atoms with Crippen molar-refractivity contribution < 1.29 is 52.2 Å². The van der Waals surface area contributed by atoms with Crippen LogP contribution >= 0.6 is 0 Å². The lowest BCUT2D eigenvalue weighted by atomic mass is 10.2. The lowest BCUT2D eigenvalue weighted by Crippen LogP contribution is -2.36. The van der Waals surface area contributed by atoms with E-state index in [1.54, 1.807) is 7.05 Å². The molecular weight excluding hydrogens is 478 g/mol. The quantitative estimate of drug-likeness (QED) is 0.135. The second kappa shape index (κ2) is 23.8. The molecule has 0 rings (SSSR count). The van der Waals surface area contributed by atoms with Gasteiger partial charge in [-0.1, -0.05) is 0 Å². The average molecular weight is 526 g/mol. The van der Waals surface area contributed by atoms with E-state index in [1.807, 2.05) is 20.8 Å². The van der Waals surface area contributed by atoms with Crippen LogP contribution in [0.3, 0.4) is 0 Å². The first-order valence-electron chi connectivity index (χ1n) is 12.3. The minimum absolute atomic E-state index is 0.256. The molecule has 0 aromatic carbocycles. The summed E-state index contributed by atoms with van der Waals surface area (Å²) < 4.78 is 47.7. The minimum atomic E-state index is -0.508. The summed E-state index contributed by atoms with van der Waals surface area (Å²) in [5, 5.41) is 0. The predicted octanol–water partition coefficient (Wildman–Crippen LogP) is 1.53. The maximum absolute atomic E-state index is 11.8. The zero-order valence-corrected chi connectivity index (χ0v) is 22.8. The van der Waals surface area contributed by atoms with Crippen molar-refractivity contribution in [2.45, 2.75) is 33.3 Å². The Hall–Kier alpha value is -1.54. The highest BCUT2D eigenvalue weighted by atomic mass is 16.6. The van der Waals surface area contributed by atoms with Gasteiger partial charge in [-0.15, -0.1) is 0 Å². The van der Waals surface area contributed by atoms with Gasteiger partial charge in [0.2, 0.25) is 0 Å². The van der Waals surface area contributed by atoms with Gasteiger partial charge in [0.25, 0.3) is 0 Å². The van der Waals surface area contributed by atoms with Gasteiger partial charge in [-0.2, -0.15) is 0 Å². The Bertz CT molecular complexity index is 529. The second-order valence-electron chi connectivity index (χ2n) is 8.53. The van der Waals surface area contributed by atoms with Gasteiger partial charge in [0.05, 0.1) is 92.5 Å². The van der Waals surface area contributed by atoms with E-state index in [0.29, 0.717) is 99.0 Å². The van der Waals surface area contributed by atoms with Crippen molar-refractivity contribution in [1.82, 2.24) is 4.90 Å². The molecule has 12 nitrogen and oxygen atoms in total. The van der Waals surface area contributed by atoms with Crippen molar-refractivity contribution in [3.63, 3.8) is 0 Å². The Balaban J connectivity index is 3.19. The molecule has 0 spiro atoms. The fourth-order valence-electron chi connectivity index (χ4n) is 2.30. The number of likely N-dealkylation sites (N-methyl/N-ethyl adjacent to an activating group) is 1. The molecule has 0 atom stereocenters. The molecular formula is C24H47NO11. The summed E-state index contributed by atoms with van der Waals surface area (Å²) in [4.78, 5) is 23.8. The van der Waals surface area contributed by atoms with Gasteiger partial charge in [0, 0.05) is 20.5 Å². The normalized spacial score (nSPS) is 11.5. The summed E-state index contributed by atoms with van der Waals surface area (Å²) in [5.74, 6) is -0.313. The third-order valence-corrected chi connectivity index (χ3v) is 4.04. The highest BCUT2D eigenvalue weighted by Gasteiger charge is 2.19. The molecule has 0 radical (unpaired) electrons. The lowest BCUT2D eigenvalue weighted by molar-refractivity contribution is -0.142. The molecule has 0 N–H and O–H groups in total. The predicted molar refractivity (Wildman–Crippen MR) is 131 cm³/mol. The standard InChI is InChI=1S/C24H47NO11/c1-22(26)35-21-20-34-19-18-33-17-16-32-15-14-31-13-12-30-11-10-29-9-8-28-7-6-25(5)23(27)36-24(2,3)4/h6-21H2,1-5H3. The van der Waals surface area contributed by atoms with Gasteiger partial charge in [0.15, 0.2) is 0 Å². The van der Waals surface area contributed by atoms with Crippen LogP contribution in [0.5, 0.6) is 0 Å². The van der Waals surface area contributed by atoms with Crippen molar-refractivity contribution in [2.24, 2.45) is 0 Å². The molecule has 0 aromatic rings.